The molecule has 5 heteroatoms. The van der Waals surface area contributed by atoms with E-state index in [9.17, 15) is 9.90 Å². The van der Waals surface area contributed by atoms with Crippen LogP contribution in [0.3, 0.4) is 0 Å². The number of carbonyl (C=O) groups is 1. The Balaban J connectivity index is 2.89. The Labute approximate surface area is 131 Å². The minimum absolute atomic E-state index is 0.110. The van der Waals surface area contributed by atoms with Crippen molar-refractivity contribution in [3.8, 4) is 17.2 Å². The minimum atomic E-state index is -1.47. The molecule has 0 aliphatic rings. The van der Waals surface area contributed by atoms with Gasteiger partial charge in [-0.2, -0.15) is 0 Å². The van der Waals surface area contributed by atoms with Crippen LogP contribution >= 0.6 is 0 Å². The molecule has 1 aromatic rings. The summed E-state index contributed by atoms with van der Waals surface area (Å²) in [6.45, 7) is 8.06. The van der Waals surface area contributed by atoms with Gasteiger partial charge in [0.05, 0.1) is 6.61 Å². The second-order valence-electron chi connectivity index (χ2n) is 5.51. The molecule has 0 heterocycles. The van der Waals surface area contributed by atoms with E-state index in [4.69, 9.17) is 14.6 Å². The molecule has 22 heavy (non-hydrogen) atoms. The third-order valence-electron chi connectivity index (χ3n) is 3.93. The van der Waals surface area contributed by atoms with E-state index < -0.39 is 6.16 Å². The Morgan fingerprint density at radius 1 is 0.955 bits per heavy atom. The van der Waals surface area contributed by atoms with Gasteiger partial charge in [0.2, 0.25) is 5.75 Å². The van der Waals surface area contributed by atoms with Crippen molar-refractivity contribution in [2.75, 3.05) is 6.61 Å². The standard InChI is InChI=1S/C17H26O5/c1-5-6-7-8-9-10-21-15-13(4)11(2)12(3)14(18)16(15)22-17(19)20/h18H,5-10H2,1-4H3,(H,19,20). The zero-order valence-corrected chi connectivity index (χ0v) is 13.9. The van der Waals surface area contributed by atoms with E-state index in [1.165, 1.54) is 12.8 Å². The molecule has 1 rings (SSSR count). The van der Waals surface area contributed by atoms with Gasteiger partial charge in [0.15, 0.2) is 11.5 Å². The zero-order chi connectivity index (χ0) is 16.7. The Bertz CT molecular complexity index is 523. The van der Waals surface area contributed by atoms with Crippen molar-refractivity contribution in [3.05, 3.63) is 16.7 Å². The van der Waals surface area contributed by atoms with Crippen LogP contribution in [0.5, 0.6) is 17.2 Å². The van der Waals surface area contributed by atoms with Crippen LogP contribution in [-0.4, -0.2) is 23.0 Å². The number of carboxylic acid groups (broad SMARTS) is 1. The fourth-order valence-corrected chi connectivity index (χ4v) is 2.31. The van der Waals surface area contributed by atoms with Gasteiger partial charge in [-0.1, -0.05) is 32.6 Å². The lowest BCUT2D eigenvalue weighted by Gasteiger charge is -2.18. The Morgan fingerprint density at radius 2 is 1.59 bits per heavy atom. The molecule has 0 aliphatic heterocycles. The van der Waals surface area contributed by atoms with Crippen molar-refractivity contribution in [2.24, 2.45) is 0 Å². The molecule has 1 aromatic carbocycles. The van der Waals surface area contributed by atoms with Crippen LogP contribution in [-0.2, 0) is 0 Å². The average molecular weight is 310 g/mol. The first-order valence-corrected chi connectivity index (χ1v) is 7.76. The summed E-state index contributed by atoms with van der Waals surface area (Å²) in [7, 11) is 0. The summed E-state index contributed by atoms with van der Waals surface area (Å²) in [5, 5.41) is 19.0. The Morgan fingerprint density at radius 3 is 2.18 bits per heavy atom. The number of rotatable bonds is 8. The first-order chi connectivity index (χ1) is 10.4. The third kappa shape index (κ3) is 4.55. The third-order valence-corrected chi connectivity index (χ3v) is 3.93. The van der Waals surface area contributed by atoms with Crippen molar-refractivity contribution in [3.63, 3.8) is 0 Å². The molecular weight excluding hydrogens is 284 g/mol. The summed E-state index contributed by atoms with van der Waals surface area (Å²) in [5.41, 5.74) is 2.26. The van der Waals surface area contributed by atoms with Crippen molar-refractivity contribution in [1.29, 1.82) is 0 Å². The first-order valence-electron chi connectivity index (χ1n) is 7.76. The quantitative estimate of drug-likeness (QED) is 0.412. The molecule has 124 valence electrons. The molecule has 0 aromatic heterocycles. The highest BCUT2D eigenvalue weighted by molar-refractivity contribution is 5.69. The van der Waals surface area contributed by atoms with Gasteiger partial charge in [-0.15, -0.1) is 0 Å². The lowest BCUT2D eigenvalue weighted by atomic mass is 10.0. The van der Waals surface area contributed by atoms with E-state index in [0.717, 1.165) is 30.4 Å². The maximum atomic E-state index is 10.8. The summed E-state index contributed by atoms with van der Waals surface area (Å²) >= 11 is 0. The highest BCUT2D eigenvalue weighted by atomic mass is 16.7. The molecule has 0 bridgehead atoms. The van der Waals surface area contributed by atoms with Crippen LogP contribution in [0.4, 0.5) is 4.79 Å². The van der Waals surface area contributed by atoms with Gasteiger partial charge >= 0.3 is 6.16 Å². The molecule has 0 aliphatic carbocycles. The number of unbranched alkanes of at least 4 members (excludes halogenated alkanes) is 4. The van der Waals surface area contributed by atoms with Crippen LogP contribution in [0, 0.1) is 20.8 Å². The molecule has 0 spiro atoms. The molecule has 0 saturated carbocycles. The monoisotopic (exact) mass is 310 g/mol. The molecule has 2 N–H and O–H groups in total. The number of phenols is 1. The second-order valence-corrected chi connectivity index (χ2v) is 5.51. The molecule has 0 saturated heterocycles. The Kier molecular flexibility index (Phi) is 7.02. The van der Waals surface area contributed by atoms with Gasteiger partial charge in [-0.3, -0.25) is 0 Å². The summed E-state index contributed by atoms with van der Waals surface area (Å²) in [6, 6.07) is 0. The molecule has 0 unspecified atom stereocenters. The molecule has 0 amide bonds. The fraction of sp³-hybridized carbons (Fsp3) is 0.588. The number of aromatic hydroxyl groups is 1. The average Bonchev–Trinajstić information content (AvgIpc) is 2.48. The second kappa shape index (κ2) is 8.51. The van der Waals surface area contributed by atoms with E-state index in [0.29, 0.717) is 17.9 Å². The number of hydrogen-bond donors (Lipinski definition) is 2. The highest BCUT2D eigenvalue weighted by Gasteiger charge is 2.22. The van der Waals surface area contributed by atoms with Crippen LogP contribution < -0.4 is 9.47 Å². The summed E-state index contributed by atoms with van der Waals surface area (Å²) in [4.78, 5) is 10.8. The highest BCUT2D eigenvalue weighted by Crippen LogP contribution is 2.44. The Hall–Kier alpha value is -1.91. The van der Waals surface area contributed by atoms with Gasteiger partial charge in [-0.05, 0) is 43.9 Å². The number of benzene rings is 1. The van der Waals surface area contributed by atoms with Crippen LogP contribution in [0.25, 0.3) is 0 Å². The van der Waals surface area contributed by atoms with Crippen LogP contribution in [0.1, 0.15) is 55.7 Å². The number of ether oxygens (including phenoxy) is 2. The van der Waals surface area contributed by atoms with Crippen molar-refractivity contribution < 1.29 is 24.5 Å². The van der Waals surface area contributed by atoms with Gasteiger partial charge in [-0.25, -0.2) is 4.79 Å². The molecule has 0 radical (unpaired) electrons. The maximum Gasteiger partial charge on any atom is 0.511 e. The predicted molar refractivity (Wildman–Crippen MR) is 85.2 cm³/mol. The summed E-state index contributed by atoms with van der Waals surface area (Å²) in [6.07, 6.45) is 4.04. The molecular formula is C17H26O5. The first kappa shape index (κ1) is 18.1. The normalized spacial score (nSPS) is 10.5. The summed E-state index contributed by atoms with van der Waals surface area (Å²) in [5.74, 6) is 0.0339. The SMILES string of the molecule is CCCCCCCOc1c(C)c(C)c(C)c(O)c1OC(=O)O. The maximum absolute atomic E-state index is 10.8. The van der Waals surface area contributed by atoms with Crippen molar-refractivity contribution >= 4 is 6.16 Å². The van der Waals surface area contributed by atoms with Crippen molar-refractivity contribution in [1.82, 2.24) is 0 Å². The van der Waals surface area contributed by atoms with E-state index in [1.807, 2.05) is 13.8 Å². The van der Waals surface area contributed by atoms with Gasteiger partial charge in [0, 0.05) is 0 Å². The number of phenolic OH excluding ortho intramolecular Hbond substituents is 1. The molecule has 5 nitrogen and oxygen atoms in total. The smallest absolute Gasteiger partial charge is 0.504 e. The minimum Gasteiger partial charge on any atom is -0.504 e. The van der Waals surface area contributed by atoms with Crippen LogP contribution in [0.2, 0.25) is 0 Å². The van der Waals surface area contributed by atoms with E-state index in [1.54, 1.807) is 6.92 Å². The largest absolute Gasteiger partial charge is 0.511 e. The van der Waals surface area contributed by atoms with Gasteiger partial charge in [0.25, 0.3) is 0 Å². The van der Waals surface area contributed by atoms with Crippen LogP contribution in [0.15, 0.2) is 0 Å². The van der Waals surface area contributed by atoms with E-state index in [2.05, 4.69) is 6.92 Å². The topological polar surface area (TPSA) is 76.0 Å². The van der Waals surface area contributed by atoms with Gasteiger partial charge < -0.3 is 19.7 Å². The predicted octanol–water partition coefficient (Wildman–Crippen LogP) is 4.72. The van der Waals surface area contributed by atoms with Gasteiger partial charge in [0.1, 0.15) is 0 Å². The van der Waals surface area contributed by atoms with E-state index in [-0.39, 0.29) is 11.5 Å². The van der Waals surface area contributed by atoms with Crippen molar-refractivity contribution in [2.45, 2.75) is 59.8 Å². The lowest BCUT2D eigenvalue weighted by molar-refractivity contribution is 0.140. The fourth-order valence-electron chi connectivity index (χ4n) is 2.31. The lowest BCUT2D eigenvalue weighted by Crippen LogP contribution is -2.09. The number of hydrogen-bond acceptors (Lipinski definition) is 4. The summed E-state index contributed by atoms with van der Waals surface area (Å²) < 4.78 is 10.4. The van der Waals surface area contributed by atoms with E-state index >= 15 is 0 Å². The molecule has 0 fully saturated rings. The zero-order valence-electron chi connectivity index (χ0n) is 13.9. The molecule has 0 atom stereocenters.